The lowest BCUT2D eigenvalue weighted by molar-refractivity contribution is -0.384. The summed E-state index contributed by atoms with van der Waals surface area (Å²) in [6, 6.07) is 10.5. The van der Waals surface area contributed by atoms with Gasteiger partial charge in [0.25, 0.3) is 5.69 Å². The number of rotatable bonds is 5. The molecule has 0 radical (unpaired) electrons. The van der Waals surface area contributed by atoms with Crippen LogP contribution in [0.15, 0.2) is 57.3 Å². The molecule has 2 aromatic heterocycles. The van der Waals surface area contributed by atoms with Crippen molar-refractivity contribution in [3.63, 3.8) is 0 Å². The van der Waals surface area contributed by atoms with E-state index in [0.717, 1.165) is 26.6 Å². The summed E-state index contributed by atoms with van der Waals surface area (Å²) in [6.45, 7) is 4.55. The van der Waals surface area contributed by atoms with Gasteiger partial charge in [-0.2, -0.15) is 5.10 Å². The first-order valence-corrected chi connectivity index (χ1v) is 9.41. The molecule has 8 heteroatoms. The standard InChI is InChI=1S/C17H16N4O2S2/c1-3-18-17-20(15(11-25-17)16-5-4-10-24-16)19-12(2)13-6-8-14(9-7-13)21(22)23/h4-11H,3H2,1-2H3. The summed E-state index contributed by atoms with van der Waals surface area (Å²) >= 11 is 3.20. The maximum absolute atomic E-state index is 10.8. The molecule has 0 amide bonds. The molecule has 0 aliphatic rings. The van der Waals surface area contributed by atoms with Gasteiger partial charge in [0.15, 0.2) is 0 Å². The Morgan fingerprint density at radius 2 is 2.00 bits per heavy atom. The first-order valence-electron chi connectivity index (χ1n) is 7.65. The van der Waals surface area contributed by atoms with Gasteiger partial charge in [0, 0.05) is 24.1 Å². The Morgan fingerprint density at radius 1 is 1.24 bits per heavy atom. The number of nitro groups is 1. The Morgan fingerprint density at radius 3 is 2.60 bits per heavy atom. The second-order valence-electron chi connectivity index (χ2n) is 5.16. The number of thiazole rings is 1. The van der Waals surface area contributed by atoms with E-state index in [1.807, 2.05) is 35.4 Å². The van der Waals surface area contributed by atoms with Gasteiger partial charge < -0.3 is 0 Å². The summed E-state index contributed by atoms with van der Waals surface area (Å²) in [5.41, 5.74) is 2.67. The molecule has 0 aliphatic heterocycles. The topological polar surface area (TPSA) is 72.8 Å². The minimum Gasteiger partial charge on any atom is -0.258 e. The smallest absolute Gasteiger partial charge is 0.258 e. The van der Waals surface area contributed by atoms with Gasteiger partial charge in [0.1, 0.15) is 0 Å². The molecule has 3 rings (SSSR count). The fraction of sp³-hybridized carbons (Fsp3) is 0.176. The molecule has 6 nitrogen and oxygen atoms in total. The van der Waals surface area contributed by atoms with E-state index in [4.69, 9.17) is 5.10 Å². The third-order valence-corrected chi connectivity index (χ3v) is 5.24. The molecule has 0 bridgehead atoms. The fourth-order valence-corrected chi connectivity index (χ4v) is 3.95. The van der Waals surface area contributed by atoms with E-state index in [1.165, 1.54) is 12.1 Å². The second kappa shape index (κ2) is 7.54. The predicted molar refractivity (Wildman–Crippen MR) is 102 cm³/mol. The van der Waals surface area contributed by atoms with Crippen molar-refractivity contribution in [2.75, 3.05) is 6.54 Å². The summed E-state index contributed by atoms with van der Waals surface area (Å²) in [4.78, 5) is 16.8. The van der Waals surface area contributed by atoms with E-state index in [9.17, 15) is 10.1 Å². The van der Waals surface area contributed by atoms with E-state index < -0.39 is 4.92 Å². The van der Waals surface area contributed by atoms with Crippen molar-refractivity contribution in [3.8, 4) is 10.6 Å². The normalized spacial score (nSPS) is 12.6. The predicted octanol–water partition coefficient (Wildman–Crippen LogP) is 4.38. The molecule has 25 heavy (non-hydrogen) atoms. The summed E-state index contributed by atoms with van der Waals surface area (Å²) in [5, 5.41) is 19.6. The lowest BCUT2D eigenvalue weighted by Crippen LogP contribution is -2.14. The van der Waals surface area contributed by atoms with Crippen molar-refractivity contribution < 1.29 is 4.92 Å². The summed E-state index contributed by atoms with van der Waals surface area (Å²) in [6.07, 6.45) is 0. The van der Waals surface area contributed by atoms with Crippen LogP contribution in [0.3, 0.4) is 0 Å². The van der Waals surface area contributed by atoms with Crippen LogP contribution in [0.2, 0.25) is 0 Å². The number of hydrogen-bond donors (Lipinski definition) is 0. The number of benzene rings is 1. The van der Waals surface area contributed by atoms with E-state index in [1.54, 1.807) is 34.8 Å². The van der Waals surface area contributed by atoms with Crippen molar-refractivity contribution >= 4 is 34.1 Å². The largest absolute Gasteiger partial charge is 0.269 e. The first kappa shape index (κ1) is 17.2. The van der Waals surface area contributed by atoms with Crippen molar-refractivity contribution in [1.29, 1.82) is 0 Å². The van der Waals surface area contributed by atoms with Gasteiger partial charge in [-0.1, -0.05) is 6.07 Å². The minimum atomic E-state index is -0.406. The molecule has 0 spiro atoms. The Bertz CT molecular complexity index is 967. The molecule has 2 heterocycles. The Balaban J connectivity index is 2.06. The third-order valence-electron chi connectivity index (χ3n) is 3.50. The van der Waals surface area contributed by atoms with Crippen LogP contribution in [0.4, 0.5) is 5.69 Å². The molecule has 0 fully saturated rings. The molecule has 3 aromatic rings. The summed E-state index contributed by atoms with van der Waals surface area (Å²) in [5.74, 6) is 0. The maximum atomic E-state index is 10.8. The number of non-ortho nitro benzene ring substituents is 1. The molecule has 0 aliphatic carbocycles. The fourth-order valence-electron chi connectivity index (χ4n) is 2.27. The quantitative estimate of drug-likeness (QED) is 0.379. The molecular weight excluding hydrogens is 356 g/mol. The van der Waals surface area contributed by atoms with Gasteiger partial charge in [-0.05, 0) is 43.0 Å². The van der Waals surface area contributed by atoms with Crippen LogP contribution >= 0.6 is 22.7 Å². The molecule has 0 unspecified atom stereocenters. The lowest BCUT2D eigenvalue weighted by atomic mass is 10.1. The minimum absolute atomic E-state index is 0.0701. The van der Waals surface area contributed by atoms with Gasteiger partial charge in [-0.3, -0.25) is 15.1 Å². The molecule has 128 valence electrons. The van der Waals surface area contributed by atoms with Gasteiger partial charge >= 0.3 is 0 Å². The highest BCUT2D eigenvalue weighted by Crippen LogP contribution is 2.25. The monoisotopic (exact) mass is 372 g/mol. The van der Waals surface area contributed by atoms with Gasteiger partial charge in [-0.15, -0.1) is 22.7 Å². The van der Waals surface area contributed by atoms with Crippen LogP contribution in [0.5, 0.6) is 0 Å². The van der Waals surface area contributed by atoms with Crippen LogP contribution in [0.25, 0.3) is 10.6 Å². The SMILES string of the molecule is CCN=c1scc(-c2cccs2)n1N=C(C)c1ccc([N+](=O)[O-])cc1. The van der Waals surface area contributed by atoms with Crippen molar-refractivity contribution in [1.82, 2.24) is 4.68 Å². The maximum Gasteiger partial charge on any atom is 0.269 e. The van der Waals surface area contributed by atoms with Crippen molar-refractivity contribution in [2.45, 2.75) is 13.8 Å². The highest BCUT2D eigenvalue weighted by molar-refractivity contribution is 7.14. The number of thiophene rings is 1. The molecule has 0 saturated carbocycles. The first-order chi connectivity index (χ1) is 12.1. The van der Waals surface area contributed by atoms with Crippen LogP contribution in [-0.2, 0) is 0 Å². The number of aromatic nitrogens is 1. The van der Waals surface area contributed by atoms with E-state index in [2.05, 4.69) is 11.1 Å². The number of hydrogen-bond acceptors (Lipinski definition) is 6. The van der Waals surface area contributed by atoms with E-state index in [-0.39, 0.29) is 5.69 Å². The molecule has 0 atom stereocenters. The van der Waals surface area contributed by atoms with Crippen LogP contribution in [-0.4, -0.2) is 21.9 Å². The summed E-state index contributed by atoms with van der Waals surface area (Å²) < 4.78 is 1.84. The highest BCUT2D eigenvalue weighted by atomic mass is 32.1. The Kier molecular flexibility index (Phi) is 5.20. The average molecular weight is 372 g/mol. The molecule has 0 N–H and O–H groups in total. The van der Waals surface area contributed by atoms with Crippen LogP contribution in [0.1, 0.15) is 19.4 Å². The van der Waals surface area contributed by atoms with Crippen LogP contribution < -0.4 is 4.80 Å². The third kappa shape index (κ3) is 3.75. The van der Waals surface area contributed by atoms with Crippen LogP contribution in [0, 0.1) is 10.1 Å². The molecular formula is C17H16N4O2S2. The van der Waals surface area contributed by atoms with Gasteiger partial charge in [0.05, 0.1) is 21.2 Å². The lowest BCUT2D eigenvalue weighted by Gasteiger charge is -2.05. The zero-order chi connectivity index (χ0) is 17.8. The van der Waals surface area contributed by atoms with E-state index in [0.29, 0.717) is 6.54 Å². The second-order valence-corrected chi connectivity index (χ2v) is 6.94. The van der Waals surface area contributed by atoms with Gasteiger partial charge in [-0.25, -0.2) is 4.68 Å². The number of nitro benzene ring substituents is 1. The average Bonchev–Trinajstić information content (AvgIpc) is 3.26. The Hall–Kier alpha value is -2.58. The Labute approximate surface area is 152 Å². The van der Waals surface area contributed by atoms with E-state index >= 15 is 0 Å². The van der Waals surface area contributed by atoms with Crippen molar-refractivity contribution in [3.05, 3.63) is 67.6 Å². The molecule has 1 aromatic carbocycles. The zero-order valence-corrected chi connectivity index (χ0v) is 15.4. The van der Waals surface area contributed by atoms with Crippen molar-refractivity contribution in [2.24, 2.45) is 10.1 Å². The zero-order valence-electron chi connectivity index (χ0n) is 13.7. The number of nitrogens with zero attached hydrogens (tertiary/aromatic N) is 4. The summed E-state index contributed by atoms with van der Waals surface area (Å²) in [7, 11) is 0. The highest BCUT2D eigenvalue weighted by Gasteiger charge is 2.10. The molecule has 0 saturated heterocycles. The van der Waals surface area contributed by atoms with Gasteiger partial charge in [0.2, 0.25) is 4.80 Å².